The van der Waals surface area contributed by atoms with Gasteiger partial charge < -0.3 is 43.8 Å². The van der Waals surface area contributed by atoms with Crippen LogP contribution in [0.25, 0.3) is 0 Å². The van der Waals surface area contributed by atoms with Crippen LogP contribution in [0.2, 0.25) is 0 Å². The maximum absolute atomic E-state index is 14.5. The van der Waals surface area contributed by atoms with Gasteiger partial charge in [-0.1, -0.05) is 44.2 Å². The molecule has 51 heavy (non-hydrogen) atoms. The normalized spacial score (nSPS) is 21.2. The van der Waals surface area contributed by atoms with Crippen molar-refractivity contribution in [2.75, 3.05) is 53.7 Å². The van der Waals surface area contributed by atoms with Crippen LogP contribution in [0.3, 0.4) is 0 Å². The zero-order valence-electron chi connectivity index (χ0n) is 29.4. The largest absolute Gasteiger partial charge is 0.530 e. The first-order valence-corrected chi connectivity index (χ1v) is 18.5. The molecule has 2 fully saturated rings. The van der Waals surface area contributed by atoms with Gasteiger partial charge in [0.05, 0.1) is 36.3 Å². The molecule has 0 unspecified atom stereocenters. The van der Waals surface area contributed by atoms with Crippen LogP contribution in [0.15, 0.2) is 58.4 Å². The van der Waals surface area contributed by atoms with Gasteiger partial charge in [0.15, 0.2) is 24.0 Å². The number of aliphatic imine (C=N–C) groups is 1. The highest BCUT2D eigenvalue weighted by Crippen LogP contribution is 2.38. The number of nitriles is 1. The lowest BCUT2D eigenvalue weighted by atomic mass is 9.87. The van der Waals surface area contributed by atoms with Gasteiger partial charge in [-0.2, -0.15) is 9.57 Å². The Balaban J connectivity index is 1.45. The van der Waals surface area contributed by atoms with E-state index in [1.165, 1.54) is 22.5 Å². The number of carboxylic acid groups (broad SMARTS) is 1. The van der Waals surface area contributed by atoms with E-state index in [1.54, 1.807) is 19.0 Å². The van der Waals surface area contributed by atoms with E-state index < -0.39 is 52.6 Å². The highest BCUT2D eigenvalue weighted by atomic mass is 32.2. The van der Waals surface area contributed by atoms with Crippen molar-refractivity contribution in [1.29, 1.82) is 5.26 Å². The van der Waals surface area contributed by atoms with Gasteiger partial charge in [0.1, 0.15) is 6.09 Å². The molecule has 3 aliphatic rings. The summed E-state index contributed by atoms with van der Waals surface area (Å²) in [5.41, 5.74) is 0.149. The average molecular weight is 728 g/mol. The Morgan fingerprint density at radius 2 is 1.90 bits per heavy atom. The topological polar surface area (TPSA) is 189 Å². The number of ether oxygens (including phenoxy) is 4. The smallest absolute Gasteiger partial charge is 0.243 e. The van der Waals surface area contributed by atoms with Crippen LogP contribution < -0.4 is 19.9 Å². The van der Waals surface area contributed by atoms with Gasteiger partial charge in [-0.3, -0.25) is 10.3 Å². The number of hydrogen-bond acceptors (Lipinski definition) is 11. The molecule has 0 radical (unpaired) electrons. The van der Waals surface area contributed by atoms with Crippen molar-refractivity contribution in [3.63, 3.8) is 0 Å². The van der Waals surface area contributed by atoms with Crippen LogP contribution in [0, 0.1) is 22.8 Å². The van der Waals surface area contributed by atoms with Gasteiger partial charge in [-0.15, -0.1) is 0 Å². The van der Waals surface area contributed by atoms with E-state index in [-0.39, 0.29) is 42.9 Å². The number of carbonyl (C=O) groups excluding carboxylic acids is 1. The van der Waals surface area contributed by atoms with Crippen molar-refractivity contribution in [1.82, 2.24) is 19.4 Å². The van der Waals surface area contributed by atoms with Crippen LogP contribution in [-0.4, -0.2) is 118 Å². The summed E-state index contributed by atoms with van der Waals surface area (Å²) in [6.45, 7) is 4.28. The van der Waals surface area contributed by atoms with Gasteiger partial charge >= 0.3 is 0 Å². The van der Waals surface area contributed by atoms with Crippen LogP contribution in [0.5, 0.6) is 11.5 Å². The predicted molar refractivity (Wildman–Crippen MR) is 184 cm³/mol. The molecule has 5 rings (SSSR count). The molecule has 2 saturated heterocycles. The molecule has 2 N–H and O–H groups in total. The van der Waals surface area contributed by atoms with Crippen LogP contribution in [0.4, 0.5) is 4.79 Å². The molecule has 3 aliphatic heterocycles. The lowest BCUT2D eigenvalue weighted by Crippen LogP contribution is -2.61. The van der Waals surface area contributed by atoms with Crippen molar-refractivity contribution in [3.05, 3.63) is 54.1 Å². The second kappa shape index (κ2) is 16.5. The molecule has 0 saturated carbocycles. The molecule has 0 aromatic heterocycles. The van der Waals surface area contributed by atoms with E-state index in [1.807, 2.05) is 50.4 Å². The van der Waals surface area contributed by atoms with E-state index in [0.717, 1.165) is 10.5 Å². The molecule has 0 aliphatic carbocycles. The van der Waals surface area contributed by atoms with Gasteiger partial charge in [-0.25, -0.2) is 8.42 Å². The number of nitrogens with one attached hydrogen (secondary N) is 1. The number of guanidine groups is 1. The molecule has 1 amide bonds. The number of fused-ring (bicyclic) bond motifs is 2. The zero-order valence-corrected chi connectivity index (χ0v) is 30.3. The Morgan fingerprint density at radius 1 is 1.16 bits per heavy atom. The molecule has 15 nitrogen and oxygen atoms in total. The number of benzene rings is 2. The average Bonchev–Trinajstić information content (AvgIpc) is 3.84. The number of sulfonamides is 1. The van der Waals surface area contributed by atoms with Gasteiger partial charge in [-0.05, 0) is 48.8 Å². The zero-order chi connectivity index (χ0) is 36.8. The molecular formula is C35H47N6O9S-. The summed E-state index contributed by atoms with van der Waals surface area (Å²) in [5, 5.41) is 36.6. The molecule has 16 heteroatoms. The highest BCUT2D eigenvalue weighted by molar-refractivity contribution is 7.89. The van der Waals surface area contributed by atoms with Crippen molar-refractivity contribution >= 4 is 22.1 Å². The molecular weight excluding hydrogens is 680 g/mol. The Morgan fingerprint density at radius 3 is 2.61 bits per heavy atom. The van der Waals surface area contributed by atoms with Crippen LogP contribution in [0.1, 0.15) is 38.7 Å². The Labute approximate surface area is 299 Å². The first kappa shape index (κ1) is 38.1. The lowest BCUT2D eigenvalue weighted by Gasteiger charge is -2.43. The number of aliphatic hydroxyl groups is 1. The third-order valence-electron chi connectivity index (χ3n) is 9.51. The molecule has 2 aromatic carbocycles. The lowest BCUT2D eigenvalue weighted by molar-refractivity contribution is -0.273. The maximum Gasteiger partial charge on any atom is 0.243 e. The van der Waals surface area contributed by atoms with Crippen molar-refractivity contribution in [2.24, 2.45) is 16.3 Å². The van der Waals surface area contributed by atoms with E-state index in [9.17, 15) is 23.4 Å². The summed E-state index contributed by atoms with van der Waals surface area (Å²) in [6.07, 6.45) is 0.195. The summed E-state index contributed by atoms with van der Waals surface area (Å²) in [5.74, 6) is 0.872. The van der Waals surface area contributed by atoms with E-state index in [4.69, 9.17) is 24.2 Å². The summed E-state index contributed by atoms with van der Waals surface area (Å²) in [6, 6.07) is 11.8. The molecule has 278 valence electrons. The number of rotatable bonds is 15. The third-order valence-corrected chi connectivity index (χ3v) is 11.3. The van der Waals surface area contributed by atoms with Gasteiger partial charge in [0.2, 0.25) is 22.8 Å². The predicted octanol–water partition coefficient (Wildman–Crippen LogP) is 1.58. The number of hydrogen-bond donors (Lipinski definition) is 2. The standard InChI is InChI=1S/C35H48N6O9S/c1-35(2,14-8-15-37-33(38-22-36)39(3)4)21-40(51(45,46)25-11-12-30-31(18-25)50-23-49-30)19-29(42)27(17-24-9-6-5-7-10-24)41(34(43)44)28-20-48-32-26(28)13-16-47-32/h5-7,9-12,18,26-29,32,42H,8,13-17,19-21,23H2,1-4H3,(H,37,38)(H,43,44)/p-1/t26-,27-,28-,29+,32+/m0/s1. The van der Waals surface area contributed by atoms with E-state index >= 15 is 0 Å². The first-order chi connectivity index (χ1) is 24.3. The molecule has 5 atom stereocenters. The van der Waals surface area contributed by atoms with E-state index in [2.05, 4.69) is 10.3 Å². The van der Waals surface area contributed by atoms with Crippen LogP contribution in [-0.2, 0) is 25.9 Å². The minimum atomic E-state index is -4.27. The first-order valence-electron chi connectivity index (χ1n) is 17.0. The second-order valence-electron chi connectivity index (χ2n) is 14.0. The Kier molecular flexibility index (Phi) is 12.3. The fraction of sp³-hybridized carbons (Fsp3) is 0.571. The minimum Gasteiger partial charge on any atom is -0.530 e. The van der Waals surface area contributed by atoms with Crippen molar-refractivity contribution < 1.29 is 42.4 Å². The summed E-state index contributed by atoms with van der Waals surface area (Å²) in [7, 11) is -0.733. The van der Waals surface area contributed by atoms with Crippen LogP contribution >= 0.6 is 0 Å². The van der Waals surface area contributed by atoms with Crippen molar-refractivity contribution in [2.45, 2.75) is 68.9 Å². The SMILES string of the molecule is CN(C)C(=NCCCC(C)(C)CN(C[C@@H](O)[C@H](Cc1ccccc1)N(C(=O)[O-])[C@H]1CO[C@H]2OCC[C@H]21)S(=O)(=O)c1ccc2c(c1)OCO2)NC#N. The second-order valence-corrected chi connectivity index (χ2v) is 15.9. The molecule has 0 spiro atoms. The summed E-state index contributed by atoms with van der Waals surface area (Å²) in [4.78, 5) is 20.2. The number of aliphatic hydroxyl groups excluding tert-OH is 1. The van der Waals surface area contributed by atoms with E-state index in [0.29, 0.717) is 44.1 Å². The number of carbonyl (C=O) groups is 1. The number of amides is 1. The van der Waals surface area contributed by atoms with Crippen molar-refractivity contribution in [3.8, 4) is 17.7 Å². The Hall–Kier alpha value is -4.14. The summed E-state index contributed by atoms with van der Waals surface area (Å²) >= 11 is 0. The number of nitrogens with zero attached hydrogens (tertiary/aromatic N) is 5. The Bertz CT molecular complexity index is 1680. The highest BCUT2D eigenvalue weighted by Gasteiger charge is 2.47. The maximum atomic E-state index is 14.5. The molecule has 3 heterocycles. The monoisotopic (exact) mass is 727 g/mol. The molecule has 2 aromatic rings. The third kappa shape index (κ3) is 9.21. The van der Waals surface area contributed by atoms with Gasteiger partial charge in [0, 0.05) is 45.7 Å². The van der Waals surface area contributed by atoms with Gasteiger partial charge in [0.25, 0.3) is 0 Å². The molecule has 0 bridgehead atoms. The quantitative estimate of drug-likeness (QED) is 0.0888. The minimum absolute atomic E-state index is 0.00398. The fourth-order valence-electron chi connectivity index (χ4n) is 6.93. The summed E-state index contributed by atoms with van der Waals surface area (Å²) < 4.78 is 52.5. The fourth-order valence-corrected chi connectivity index (χ4v) is 8.59.